The Balaban J connectivity index is 1.40. The van der Waals surface area contributed by atoms with Crippen LogP contribution in [0.15, 0.2) is 30.6 Å². The summed E-state index contributed by atoms with van der Waals surface area (Å²) in [4.78, 5) is 17.0. The second-order valence-corrected chi connectivity index (χ2v) is 7.41. The predicted molar refractivity (Wildman–Crippen MR) is 89.5 cm³/mol. The molecule has 1 amide bonds. The molecule has 2 saturated heterocycles. The number of carbonyl (C=O) groups excluding carboxylic acids is 1. The number of halogens is 1. The van der Waals surface area contributed by atoms with Crippen LogP contribution in [0.25, 0.3) is 0 Å². The van der Waals surface area contributed by atoms with Crippen LogP contribution in [0.3, 0.4) is 0 Å². The van der Waals surface area contributed by atoms with Crippen molar-refractivity contribution in [1.29, 1.82) is 0 Å². The van der Waals surface area contributed by atoms with Crippen molar-refractivity contribution in [2.45, 2.75) is 37.4 Å². The van der Waals surface area contributed by atoms with Crippen molar-refractivity contribution in [2.24, 2.45) is 0 Å². The van der Waals surface area contributed by atoms with Gasteiger partial charge in [-0.2, -0.15) is 0 Å². The molecule has 5 nitrogen and oxygen atoms in total. The molecule has 3 atom stereocenters. The second-order valence-electron chi connectivity index (χ2n) is 5.92. The lowest BCUT2D eigenvalue weighted by atomic mass is 9.95. The van der Waals surface area contributed by atoms with E-state index in [1.54, 1.807) is 30.6 Å². The lowest BCUT2D eigenvalue weighted by Crippen LogP contribution is -2.42. The molecule has 2 aliphatic rings. The average molecular weight is 350 g/mol. The van der Waals surface area contributed by atoms with Gasteiger partial charge in [0.25, 0.3) is 5.91 Å². The van der Waals surface area contributed by atoms with Gasteiger partial charge in [-0.05, 0) is 31.4 Å². The van der Waals surface area contributed by atoms with E-state index in [9.17, 15) is 4.79 Å². The molecule has 2 aliphatic heterocycles. The number of pyridine rings is 1. The third kappa shape index (κ3) is 3.20. The fourth-order valence-corrected chi connectivity index (χ4v) is 4.23. The van der Waals surface area contributed by atoms with Crippen molar-refractivity contribution >= 4 is 28.8 Å². The summed E-state index contributed by atoms with van der Waals surface area (Å²) in [7, 11) is 0. The van der Waals surface area contributed by atoms with E-state index in [0.717, 1.165) is 12.8 Å². The highest BCUT2D eigenvalue weighted by Crippen LogP contribution is 2.31. The Labute approximate surface area is 143 Å². The first-order valence-electron chi connectivity index (χ1n) is 7.62. The molecule has 0 spiro atoms. The molecule has 23 heavy (non-hydrogen) atoms. The van der Waals surface area contributed by atoms with Crippen LogP contribution in [0, 0.1) is 0 Å². The minimum atomic E-state index is -0.0339. The van der Waals surface area contributed by atoms with E-state index < -0.39 is 0 Å². The normalized spacial score (nSPS) is 25.5. The molecule has 2 bridgehead atoms. The maximum absolute atomic E-state index is 12.4. The summed E-state index contributed by atoms with van der Waals surface area (Å²) in [5.41, 5.74) is 0. The number of aromatic nitrogens is 1. The fraction of sp³-hybridized carbons (Fsp3) is 0.375. The van der Waals surface area contributed by atoms with Crippen LogP contribution in [0.4, 0.5) is 0 Å². The standard InChI is InChI=1S/C16H16ClN3O2S/c17-9-5-11(8-18-7-9)22-15-4-3-14(23-15)16(21)20-13-6-10-1-2-12(13)19-10/h3-5,7-8,10,12-13,19H,1-2,6H2,(H,20,21)/t10-,12+,13-/m1/s1. The monoisotopic (exact) mass is 349 g/mol. The van der Waals surface area contributed by atoms with Crippen molar-refractivity contribution in [3.8, 4) is 10.8 Å². The first kappa shape index (κ1) is 14.9. The number of rotatable bonds is 4. The molecule has 2 N–H and O–H groups in total. The molecule has 0 unspecified atom stereocenters. The molecule has 7 heteroatoms. The number of ether oxygens (including phenoxy) is 1. The topological polar surface area (TPSA) is 63.2 Å². The highest BCUT2D eigenvalue weighted by molar-refractivity contribution is 7.15. The highest BCUT2D eigenvalue weighted by Gasteiger charge is 2.39. The average Bonchev–Trinajstić information content (AvgIpc) is 3.23. The zero-order chi connectivity index (χ0) is 15.8. The zero-order valence-corrected chi connectivity index (χ0v) is 13.9. The van der Waals surface area contributed by atoms with Gasteiger partial charge in [-0.15, -0.1) is 0 Å². The second kappa shape index (κ2) is 6.11. The van der Waals surface area contributed by atoms with E-state index in [1.807, 2.05) is 0 Å². The number of nitrogens with zero attached hydrogens (tertiary/aromatic N) is 1. The van der Waals surface area contributed by atoms with Gasteiger partial charge in [0, 0.05) is 30.4 Å². The summed E-state index contributed by atoms with van der Waals surface area (Å²) in [6, 6.07) is 6.51. The SMILES string of the molecule is O=C(N[C@@H]1C[C@H]2CC[C@@H]1N2)c1ccc(Oc2cncc(Cl)c2)s1. The van der Waals surface area contributed by atoms with Crippen molar-refractivity contribution in [3.05, 3.63) is 40.5 Å². The van der Waals surface area contributed by atoms with Crippen LogP contribution >= 0.6 is 22.9 Å². The molecule has 4 heterocycles. The highest BCUT2D eigenvalue weighted by atomic mass is 35.5. The molecule has 120 valence electrons. The molecule has 2 fully saturated rings. The van der Waals surface area contributed by atoms with Gasteiger partial charge in [0.2, 0.25) is 0 Å². The molecular weight excluding hydrogens is 334 g/mol. The predicted octanol–water partition coefficient (Wildman–Crippen LogP) is 3.21. The minimum absolute atomic E-state index is 0.0339. The summed E-state index contributed by atoms with van der Waals surface area (Å²) in [6.45, 7) is 0. The van der Waals surface area contributed by atoms with Gasteiger partial charge in [0.1, 0.15) is 5.75 Å². The quantitative estimate of drug-likeness (QED) is 0.889. The number of hydrogen-bond donors (Lipinski definition) is 2. The Morgan fingerprint density at radius 1 is 1.39 bits per heavy atom. The van der Waals surface area contributed by atoms with Crippen molar-refractivity contribution in [3.63, 3.8) is 0 Å². The number of fused-ring (bicyclic) bond motifs is 2. The molecule has 0 saturated carbocycles. The maximum Gasteiger partial charge on any atom is 0.261 e. The van der Waals surface area contributed by atoms with Crippen LogP contribution in [-0.2, 0) is 0 Å². The van der Waals surface area contributed by atoms with E-state index in [2.05, 4.69) is 15.6 Å². The van der Waals surface area contributed by atoms with E-state index in [1.165, 1.54) is 17.8 Å². The van der Waals surface area contributed by atoms with Crippen LogP contribution in [0.5, 0.6) is 10.8 Å². The van der Waals surface area contributed by atoms with Gasteiger partial charge < -0.3 is 15.4 Å². The van der Waals surface area contributed by atoms with Crippen molar-refractivity contribution in [2.75, 3.05) is 0 Å². The van der Waals surface area contributed by atoms with Gasteiger partial charge in [-0.1, -0.05) is 22.9 Å². The lowest BCUT2D eigenvalue weighted by Gasteiger charge is -2.20. The summed E-state index contributed by atoms with van der Waals surface area (Å²) in [5, 5.41) is 7.81. The van der Waals surface area contributed by atoms with E-state index in [4.69, 9.17) is 16.3 Å². The third-order valence-corrected chi connectivity index (χ3v) is 5.49. The zero-order valence-electron chi connectivity index (χ0n) is 12.3. The third-order valence-electron chi connectivity index (χ3n) is 4.32. The van der Waals surface area contributed by atoms with Gasteiger partial charge in [0.15, 0.2) is 5.06 Å². The number of carbonyl (C=O) groups is 1. The largest absolute Gasteiger partial charge is 0.445 e. The smallest absolute Gasteiger partial charge is 0.261 e. The van der Waals surface area contributed by atoms with Crippen LogP contribution in [-0.4, -0.2) is 29.0 Å². The molecular formula is C16H16ClN3O2S. The molecule has 2 aromatic rings. The fourth-order valence-electron chi connectivity index (χ4n) is 3.28. The van der Waals surface area contributed by atoms with E-state index >= 15 is 0 Å². The van der Waals surface area contributed by atoms with Crippen LogP contribution in [0.2, 0.25) is 5.02 Å². The van der Waals surface area contributed by atoms with Crippen molar-refractivity contribution in [1.82, 2.24) is 15.6 Å². The molecule has 0 radical (unpaired) electrons. The van der Waals surface area contributed by atoms with Crippen molar-refractivity contribution < 1.29 is 9.53 Å². The Bertz CT molecular complexity index is 736. The summed E-state index contributed by atoms with van der Waals surface area (Å²) in [5.74, 6) is 0.525. The van der Waals surface area contributed by atoms with E-state index in [-0.39, 0.29) is 11.9 Å². The Kier molecular flexibility index (Phi) is 3.97. The Hall–Kier alpha value is -1.63. The summed E-state index contributed by atoms with van der Waals surface area (Å²) in [6.07, 6.45) is 6.54. The Morgan fingerprint density at radius 2 is 2.30 bits per heavy atom. The summed E-state index contributed by atoms with van der Waals surface area (Å²) < 4.78 is 5.69. The van der Waals surface area contributed by atoms with Crippen LogP contribution in [0.1, 0.15) is 28.9 Å². The first-order chi connectivity index (χ1) is 11.2. The molecule has 0 aromatic carbocycles. The van der Waals surface area contributed by atoms with Gasteiger partial charge >= 0.3 is 0 Å². The Morgan fingerprint density at radius 3 is 3.04 bits per heavy atom. The molecule has 4 rings (SSSR count). The number of amides is 1. The number of thiophene rings is 1. The number of nitrogens with one attached hydrogen (secondary N) is 2. The first-order valence-corrected chi connectivity index (χ1v) is 8.82. The summed E-state index contributed by atoms with van der Waals surface area (Å²) >= 11 is 7.20. The van der Waals surface area contributed by atoms with Crippen LogP contribution < -0.4 is 15.4 Å². The van der Waals surface area contributed by atoms with Gasteiger partial charge in [0.05, 0.1) is 16.1 Å². The maximum atomic E-state index is 12.4. The van der Waals surface area contributed by atoms with Gasteiger partial charge in [-0.25, -0.2) is 0 Å². The minimum Gasteiger partial charge on any atom is -0.445 e. The lowest BCUT2D eigenvalue weighted by molar-refractivity contribution is 0.0935. The number of hydrogen-bond acceptors (Lipinski definition) is 5. The van der Waals surface area contributed by atoms with E-state index in [0.29, 0.717) is 32.8 Å². The molecule has 0 aliphatic carbocycles. The molecule has 2 aromatic heterocycles. The van der Waals surface area contributed by atoms with Gasteiger partial charge in [-0.3, -0.25) is 9.78 Å².